The highest BCUT2D eigenvalue weighted by atomic mass is 32.1. The molecule has 3 rings (SSSR count). The molecule has 2 aromatic heterocycles. The molecule has 2 heterocycles. The van der Waals surface area contributed by atoms with Gasteiger partial charge in [-0.3, -0.25) is 9.36 Å². The van der Waals surface area contributed by atoms with Crippen LogP contribution in [0.5, 0.6) is 0 Å². The molecular weight excluding hydrogens is 244 g/mol. The third-order valence-electron chi connectivity index (χ3n) is 3.39. The Kier molecular flexibility index (Phi) is 2.45. The van der Waals surface area contributed by atoms with Crippen LogP contribution in [0, 0.1) is 12.3 Å². The molecule has 0 aliphatic heterocycles. The first-order valence-electron chi connectivity index (χ1n) is 6.12. The van der Waals surface area contributed by atoms with Crippen molar-refractivity contribution >= 4 is 17.1 Å². The number of nitrogens with zero attached hydrogens (tertiary/aromatic N) is 2. The molecule has 0 fully saturated rings. The van der Waals surface area contributed by atoms with E-state index in [1.807, 2.05) is 24.6 Å². The fourth-order valence-electron chi connectivity index (χ4n) is 2.58. The molecule has 94 valence electrons. The first-order chi connectivity index (χ1) is 8.46. The lowest BCUT2D eigenvalue weighted by atomic mass is 9.76. The van der Waals surface area contributed by atoms with Crippen LogP contribution in [0.1, 0.15) is 42.0 Å². The summed E-state index contributed by atoms with van der Waals surface area (Å²) in [6.07, 6.45) is 3.54. The average Bonchev–Trinajstić information content (AvgIpc) is 2.82. The van der Waals surface area contributed by atoms with Crippen molar-refractivity contribution < 1.29 is 4.79 Å². The Morgan fingerprint density at radius 1 is 1.39 bits per heavy atom. The minimum atomic E-state index is 0.0481. The molecule has 0 unspecified atom stereocenters. The third-order valence-corrected chi connectivity index (χ3v) is 4.35. The zero-order valence-corrected chi connectivity index (χ0v) is 11.7. The van der Waals surface area contributed by atoms with Crippen LogP contribution in [-0.4, -0.2) is 15.3 Å². The zero-order valence-electron chi connectivity index (χ0n) is 10.9. The van der Waals surface area contributed by atoms with E-state index in [2.05, 4.69) is 23.4 Å². The van der Waals surface area contributed by atoms with Gasteiger partial charge in [0.25, 0.3) is 0 Å². The van der Waals surface area contributed by atoms with Gasteiger partial charge in [0, 0.05) is 29.3 Å². The van der Waals surface area contributed by atoms with Gasteiger partial charge in [-0.15, -0.1) is 11.3 Å². The number of Topliss-reactive ketones (excluding diaryl/α,β-unsaturated/α-hetero) is 1. The van der Waals surface area contributed by atoms with Gasteiger partial charge in [0.05, 0.1) is 5.69 Å². The highest BCUT2D eigenvalue weighted by Crippen LogP contribution is 2.36. The molecule has 0 saturated heterocycles. The molecule has 0 aromatic carbocycles. The number of hydrogen-bond donors (Lipinski definition) is 0. The molecule has 0 bridgehead atoms. The highest BCUT2D eigenvalue weighted by Gasteiger charge is 2.33. The van der Waals surface area contributed by atoms with Crippen molar-refractivity contribution in [3.63, 3.8) is 0 Å². The highest BCUT2D eigenvalue weighted by molar-refractivity contribution is 7.12. The lowest BCUT2D eigenvalue weighted by Crippen LogP contribution is -2.27. The predicted octanol–water partition coefficient (Wildman–Crippen LogP) is 3.40. The summed E-state index contributed by atoms with van der Waals surface area (Å²) < 4.78 is 2.08. The van der Waals surface area contributed by atoms with Crippen LogP contribution < -0.4 is 0 Å². The molecule has 18 heavy (non-hydrogen) atoms. The van der Waals surface area contributed by atoms with E-state index in [9.17, 15) is 4.79 Å². The second-order valence-electron chi connectivity index (χ2n) is 5.76. The second-order valence-corrected chi connectivity index (χ2v) is 6.60. The van der Waals surface area contributed by atoms with E-state index >= 15 is 0 Å². The maximum atomic E-state index is 12.1. The summed E-state index contributed by atoms with van der Waals surface area (Å²) in [7, 11) is 0. The maximum Gasteiger partial charge on any atom is 0.193 e. The van der Waals surface area contributed by atoms with Gasteiger partial charge in [-0.25, -0.2) is 4.98 Å². The first-order valence-corrected chi connectivity index (χ1v) is 7.00. The summed E-state index contributed by atoms with van der Waals surface area (Å²) in [6.45, 7) is 6.29. The Morgan fingerprint density at radius 3 is 2.83 bits per heavy atom. The van der Waals surface area contributed by atoms with Crippen LogP contribution in [0.2, 0.25) is 0 Å². The molecule has 0 radical (unpaired) electrons. The SMILES string of the molecule is Cc1csc(-n2ccc3c2CC(C)(C)CC3=O)n1. The van der Waals surface area contributed by atoms with Gasteiger partial charge in [0.2, 0.25) is 0 Å². The van der Waals surface area contributed by atoms with E-state index in [4.69, 9.17) is 0 Å². The molecule has 1 aliphatic rings. The number of thiazole rings is 1. The van der Waals surface area contributed by atoms with Gasteiger partial charge in [-0.1, -0.05) is 13.8 Å². The Morgan fingerprint density at radius 2 is 2.17 bits per heavy atom. The van der Waals surface area contributed by atoms with E-state index in [-0.39, 0.29) is 11.2 Å². The molecule has 0 atom stereocenters. The van der Waals surface area contributed by atoms with Gasteiger partial charge >= 0.3 is 0 Å². The lowest BCUT2D eigenvalue weighted by Gasteiger charge is -2.29. The van der Waals surface area contributed by atoms with Crippen LogP contribution in [0.25, 0.3) is 5.13 Å². The largest absolute Gasteiger partial charge is 0.296 e. The van der Waals surface area contributed by atoms with E-state index in [0.717, 1.165) is 28.5 Å². The summed E-state index contributed by atoms with van der Waals surface area (Å²) in [4.78, 5) is 16.6. The van der Waals surface area contributed by atoms with Crippen LogP contribution in [0.15, 0.2) is 17.6 Å². The Bertz CT molecular complexity index is 622. The van der Waals surface area contributed by atoms with E-state index in [1.54, 1.807) is 11.3 Å². The summed E-state index contributed by atoms with van der Waals surface area (Å²) in [5, 5.41) is 3.00. The van der Waals surface area contributed by atoms with Crippen molar-refractivity contribution in [2.24, 2.45) is 5.41 Å². The quantitative estimate of drug-likeness (QED) is 0.787. The topological polar surface area (TPSA) is 34.9 Å². The Balaban J connectivity index is 2.12. The zero-order chi connectivity index (χ0) is 12.9. The van der Waals surface area contributed by atoms with E-state index in [1.165, 1.54) is 0 Å². The van der Waals surface area contributed by atoms with Crippen molar-refractivity contribution in [2.75, 3.05) is 0 Å². The number of hydrogen-bond acceptors (Lipinski definition) is 3. The van der Waals surface area contributed by atoms with Crippen LogP contribution in [0.3, 0.4) is 0 Å². The maximum absolute atomic E-state index is 12.1. The first kappa shape index (κ1) is 11.7. The normalized spacial score (nSPS) is 17.8. The molecule has 3 nitrogen and oxygen atoms in total. The van der Waals surface area contributed by atoms with Crippen molar-refractivity contribution in [3.8, 4) is 5.13 Å². The van der Waals surface area contributed by atoms with Crippen molar-refractivity contribution in [3.05, 3.63) is 34.6 Å². The number of aryl methyl sites for hydroxylation is 1. The molecule has 2 aromatic rings. The third kappa shape index (κ3) is 1.81. The number of ketones is 1. The number of carbonyl (C=O) groups is 1. The number of aromatic nitrogens is 2. The Labute approximate surface area is 110 Å². The van der Waals surface area contributed by atoms with Crippen LogP contribution >= 0.6 is 11.3 Å². The van der Waals surface area contributed by atoms with Crippen LogP contribution in [-0.2, 0) is 6.42 Å². The molecule has 4 heteroatoms. The number of carbonyl (C=O) groups excluding carboxylic acids is 1. The molecule has 0 amide bonds. The molecular formula is C14H16N2OS. The molecule has 0 N–H and O–H groups in total. The standard InChI is InChI=1S/C14H16N2OS/c1-9-8-18-13(15-9)16-5-4-10-11(16)6-14(2,3)7-12(10)17/h4-5,8H,6-7H2,1-3H3. The smallest absolute Gasteiger partial charge is 0.193 e. The summed E-state index contributed by atoms with van der Waals surface area (Å²) in [6, 6.07) is 1.93. The number of fused-ring (bicyclic) bond motifs is 1. The predicted molar refractivity (Wildman–Crippen MR) is 72.6 cm³/mol. The van der Waals surface area contributed by atoms with Crippen LogP contribution in [0.4, 0.5) is 0 Å². The summed E-state index contributed by atoms with van der Waals surface area (Å²) >= 11 is 1.62. The minimum Gasteiger partial charge on any atom is -0.296 e. The van der Waals surface area contributed by atoms with E-state index in [0.29, 0.717) is 6.42 Å². The van der Waals surface area contributed by atoms with Gasteiger partial charge in [-0.05, 0) is 24.8 Å². The van der Waals surface area contributed by atoms with Gasteiger partial charge in [0.15, 0.2) is 10.9 Å². The summed E-state index contributed by atoms with van der Waals surface area (Å²) in [5.74, 6) is 0.258. The molecule has 0 saturated carbocycles. The van der Waals surface area contributed by atoms with Gasteiger partial charge in [-0.2, -0.15) is 0 Å². The van der Waals surface area contributed by atoms with E-state index < -0.39 is 0 Å². The average molecular weight is 260 g/mol. The Hall–Kier alpha value is -1.42. The van der Waals surface area contributed by atoms with Gasteiger partial charge in [0.1, 0.15) is 0 Å². The van der Waals surface area contributed by atoms with Crippen molar-refractivity contribution in [1.82, 2.24) is 9.55 Å². The van der Waals surface area contributed by atoms with Crippen molar-refractivity contribution in [2.45, 2.75) is 33.6 Å². The fourth-order valence-corrected chi connectivity index (χ4v) is 3.39. The lowest BCUT2D eigenvalue weighted by molar-refractivity contribution is 0.0911. The summed E-state index contributed by atoms with van der Waals surface area (Å²) in [5.41, 5.74) is 3.07. The number of rotatable bonds is 1. The molecule has 1 aliphatic carbocycles. The minimum absolute atomic E-state index is 0.0481. The monoisotopic (exact) mass is 260 g/mol. The van der Waals surface area contributed by atoms with Gasteiger partial charge < -0.3 is 0 Å². The van der Waals surface area contributed by atoms with Crippen molar-refractivity contribution in [1.29, 1.82) is 0 Å². The fraction of sp³-hybridized carbons (Fsp3) is 0.429. The molecule has 0 spiro atoms. The second kappa shape index (κ2) is 3.79.